The van der Waals surface area contributed by atoms with E-state index in [4.69, 9.17) is 0 Å². The van der Waals surface area contributed by atoms with E-state index >= 15 is 0 Å². The molecule has 0 radical (unpaired) electrons. The van der Waals surface area contributed by atoms with Crippen molar-refractivity contribution < 1.29 is 4.39 Å². The Morgan fingerprint density at radius 2 is 2.00 bits per heavy atom. The van der Waals surface area contributed by atoms with Crippen LogP contribution in [0.2, 0.25) is 0 Å². The predicted octanol–water partition coefficient (Wildman–Crippen LogP) is 2.56. The number of halogens is 2. The van der Waals surface area contributed by atoms with E-state index in [9.17, 15) is 4.39 Å². The molecule has 2 aromatic rings. The van der Waals surface area contributed by atoms with Crippen molar-refractivity contribution in [2.45, 2.75) is 25.9 Å². The number of hydrogen-bond acceptors (Lipinski definition) is 4. The number of rotatable bonds is 2. The van der Waals surface area contributed by atoms with Gasteiger partial charge in [0.15, 0.2) is 5.82 Å². The molecule has 3 rings (SSSR count). The quantitative estimate of drug-likeness (QED) is 0.871. The number of hydrogen-bond donors (Lipinski definition) is 2. The van der Waals surface area contributed by atoms with Crippen molar-refractivity contribution in [1.82, 2.24) is 20.5 Å². The molecule has 5 nitrogen and oxygen atoms in total. The Kier molecular flexibility index (Phi) is 3.95. The minimum absolute atomic E-state index is 0.296. The molecule has 21 heavy (non-hydrogen) atoms. The van der Waals surface area contributed by atoms with Gasteiger partial charge < -0.3 is 10.2 Å². The van der Waals surface area contributed by atoms with Crippen molar-refractivity contribution in [1.29, 1.82) is 0 Å². The summed E-state index contributed by atoms with van der Waals surface area (Å²) in [4.78, 5) is 6.65. The first-order valence-corrected chi connectivity index (χ1v) is 7.71. The summed E-state index contributed by atoms with van der Waals surface area (Å²) in [6, 6.07) is 5.29. The molecule has 0 amide bonds. The molecule has 2 N–H and O–H groups in total. The average molecular weight is 354 g/mol. The smallest absolute Gasteiger partial charge is 0.245 e. The zero-order chi connectivity index (χ0) is 15.0. The zero-order valence-electron chi connectivity index (χ0n) is 11.9. The van der Waals surface area contributed by atoms with Gasteiger partial charge in [0.05, 0.1) is 0 Å². The lowest BCUT2D eigenvalue weighted by atomic mass is 10.1. The molecule has 112 valence electrons. The molecule has 0 saturated carbocycles. The van der Waals surface area contributed by atoms with Crippen LogP contribution in [0.15, 0.2) is 22.7 Å². The van der Waals surface area contributed by atoms with Crippen molar-refractivity contribution in [3.8, 4) is 11.4 Å². The average Bonchev–Trinajstić information content (AvgIpc) is 2.90. The minimum Gasteiger partial charge on any atom is -0.336 e. The summed E-state index contributed by atoms with van der Waals surface area (Å²) in [6.07, 6.45) is 0. The lowest BCUT2D eigenvalue weighted by Gasteiger charge is -2.35. The molecule has 2 heterocycles. The molecule has 0 bridgehead atoms. The highest BCUT2D eigenvalue weighted by molar-refractivity contribution is 9.10. The van der Waals surface area contributed by atoms with Crippen LogP contribution in [0.1, 0.15) is 13.8 Å². The minimum atomic E-state index is -0.296. The SMILES string of the molecule is CC1CN(c2n[nH]c(-c3cc(F)ccc3Br)n2)CC(C)N1. The van der Waals surface area contributed by atoms with E-state index in [-0.39, 0.29) is 5.82 Å². The summed E-state index contributed by atoms with van der Waals surface area (Å²) >= 11 is 3.41. The fourth-order valence-corrected chi connectivity index (χ4v) is 3.12. The number of piperazine rings is 1. The number of aromatic amines is 1. The van der Waals surface area contributed by atoms with Crippen LogP contribution < -0.4 is 10.2 Å². The fourth-order valence-electron chi connectivity index (χ4n) is 2.68. The molecule has 0 spiro atoms. The molecule has 0 aliphatic carbocycles. The van der Waals surface area contributed by atoms with Gasteiger partial charge in [0, 0.05) is 35.2 Å². The van der Waals surface area contributed by atoms with Gasteiger partial charge in [-0.3, -0.25) is 5.10 Å². The molecule has 1 aliphatic heterocycles. The van der Waals surface area contributed by atoms with Crippen LogP contribution in [0.5, 0.6) is 0 Å². The molecule has 2 atom stereocenters. The van der Waals surface area contributed by atoms with E-state index in [1.54, 1.807) is 6.07 Å². The molecule has 1 aliphatic rings. The van der Waals surface area contributed by atoms with Crippen LogP contribution in [0.4, 0.5) is 10.3 Å². The first kappa shape index (κ1) is 14.5. The second-order valence-corrected chi connectivity index (χ2v) is 6.34. The first-order chi connectivity index (χ1) is 10.0. The highest BCUT2D eigenvalue weighted by Gasteiger charge is 2.24. The van der Waals surface area contributed by atoms with Crippen LogP contribution in [-0.4, -0.2) is 40.4 Å². The van der Waals surface area contributed by atoms with E-state index in [1.807, 2.05) is 0 Å². The molecular formula is C14H17BrFN5. The van der Waals surface area contributed by atoms with Crippen molar-refractivity contribution in [3.05, 3.63) is 28.5 Å². The third kappa shape index (κ3) is 3.08. The topological polar surface area (TPSA) is 56.8 Å². The third-order valence-corrected chi connectivity index (χ3v) is 4.19. The maximum absolute atomic E-state index is 13.4. The molecular weight excluding hydrogens is 337 g/mol. The Hall–Kier alpha value is -1.47. The number of nitrogens with zero attached hydrogens (tertiary/aromatic N) is 3. The third-order valence-electron chi connectivity index (χ3n) is 3.50. The Morgan fingerprint density at radius 1 is 1.29 bits per heavy atom. The summed E-state index contributed by atoms with van der Waals surface area (Å²) in [6.45, 7) is 5.98. The Balaban J connectivity index is 1.88. The monoisotopic (exact) mass is 353 g/mol. The van der Waals surface area contributed by atoms with Gasteiger partial charge >= 0.3 is 0 Å². The van der Waals surface area contributed by atoms with Crippen LogP contribution >= 0.6 is 15.9 Å². The van der Waals surface area contributed by atoms with E-state index in [0.29, 0.717) is 29.4 Å². The molecule has 2 unspecified atom stereocenters. The van der Waals surface area contributed by atoms with Gasteiger partial charge in [-0.05, 0) is 32.0 Å². The Bertz CT molecular complexity index is 634. The molecule has 1 fully saturated rings. The van der Waals surface area contributed by atoms with E-state index in [1.165, 1.54) is 12.1 Å². The van der Waals surface area contributed by atoms with Crippen molar-refractivity contribution in [3.63, 3.8) is 0 Å². The zero-order valence-corrected chi connectivity index (χ0v) is 13.5. The van der Waals surface area contributed by atoms with Gasteiger partial charge in [-0.15, -0.1) is 5.10 Å². The summed E-state index contributed by atoms with van der Waals surface area (Å²) in [7, 11) is 0. The van der Waals surface area contributed by atoms with Gasteiger partial charge in [0.2, 0.25) is 5.95 Å². The van der Waals surface area contributed by atoms with Gasteiger partial charge in [0.25, 0.3) is 0 Å². The fraction of sp³-hybridized carbons (Fsp3) is 0.429. The van der Waals surface area contributed by atoms with E-state index < -0.39 is 0 Å². The molecule has 1 aromatic heterocycles. The number of anilines is 1. The van der Waals surface area contributed by atoms with Crippen molar-refractivity contribution >= 4 is 21.9 Å². The molecule has 1 saturated heterocycles. The van der Waals surface area contributed by atoms with Crippen LogP contribution in [0.3, 0.4) is 0 Å². The lowest BCUT2D eigenvalue weighted by molar-refractivity contribution is 0.403. The van der Waals surface area contributed by atoms with Gasteiger partial charge in [-0.1, -0.05) is 15.9 Å². The number of H-pyrrole nitrogens is 1. The van der Waals surface area contributed by atoms with Gasteiger partial charge in [0.1, 0.15) is 5.82 Å². The Morgan fingerprint density at radius 3 is 2.71 bits per heavy atom. The summed E-state index contributed by atoms with van der Waals surface area (Å²) < 4.78 is 14.2. The van der Waals surface area contributed by atoms with Crippen LogP contribution in [-0.2, 0) is 0 Å². The maximum Gasteiger partial charge on any atom is 0.245 e. The van der Waals surface area contributed by atoms with Crippen LogP contribution in [0.25, 0.3) is 11.4 Å². The van der Waals surface area contributed by atoms with Crippen molar-refractivity contribution in [2.75, 3.05) is 18.0 Å². The number of nitrogens with one attached hydrogen (secondary N) is 2. The first-order valence-electron chi connectivity index (χ1n) is 6.92. The second kappa shape index (κ2) is 5.73. The second-order valence-electron chi connectivity index (χ2n) is 5.48. The largest absolute Gasteiger partial charge is 0.336 e. The van der Waals surface area contributed by atoms with E-state index in [0.717, 1.165) is 17.6 Å². The summed E-state index contributed by atoms with van der Waals surface area (Å²) in [5, 5.41) is 10.6. The highest BCUT2D eigenvalue weighted by atomic mass is 79.9. The summed E-state index contributed by atoms with van der Waals surface area (Å²) in [5.41, 5.74) is 0.671. The predicted molar refractivity (Wildman–Crippen MR) is 83.7 cm³/mol. The molecule has 1 aromatic carbocycles. The van der Waals surface area contributed by atoms with Gasteiger partial charge in [-0.25, -0.2) is 4.39 Å². The highest BCUT2D eigenvalue weighted by Crippen LogP contribution is 2.27. The van der Waals surface area contributed by atoms with E-state index in [2.05, 4.69) is 55.2 Å². The number of aromatic nitrogens is 3. The van der Waals surface area contributed by atoms with Crippen LogP contribution in [0, 0.1) is 5.82 Å². The maximum atomic E-state index is 13.4. The van der Waals surface area contributed by atoms with Crippen molar-refractivity contribution in [2.24, 2.45) is 0 Å². The molecule has 7 heteroatoms. The standard InChI is InChI=1S/C14H17BrFN5/c1-8-6-21(7-9(2)17-8)14-18-13(19-20-14)11-5-10(16)3-4-12(11)15/h3-5,8-9,17H,6-7H2,1-2H3,(H,18,19,20). The van der Waals surface area contributed by atoms with Gasteiger partial charge in [-0.2, -0.15) is 4.98 Å². The summed E-state index contributed by atoms with van der Waals surface area (Å²) in [5.74, 6) is 0.923. The lowest BCUT2D eigenvalue weighted by Crippen LogP contribution is -2.54. The Labute approximate surface area is 131 Å². The normalized spacial score (nSPS) is 22.6. The number of benzene rings is 1.